The fraction of sp³-hybridized carbons (Fsp3) is 0.0714. The van der Waals surface area contributed by atoms with Crippen LogP contribution in [0, 0.1) is 15.9 Å². The Bertz CT molecular complexity index is 749. The highest BCUT2D eigenvalue weighted by atomic mass is 35.5. The Morgan fingerprint density at radius 2 is 2.04 bits per heavy atom. The van der Waals surface area contributed by atoms with E-state index in [-0.39, 0.29) is 34.3 Å². The topological polar surface area (TPSA) is 102 Å². The summed E-state index contributed by atoms with van der Waals surface area (Å²) in [6.07, 6.45) is -1.32. The number of ether oxygens (including phenoxy) is 1. The zero-order valence-electron chi connectivity index (χ0n) is 11.5. The van der Waals surface area contributed by atoms with Crippen molar-refractivity contribution < 1.29 is 24.0 Å². The number of carbonyl (C=O) groups is 1. The molecule has 0 saturated heterocycles. The predicted molar refractivity (Wildman–Crippen MR) is 79.4 cm³/mol. The summed E-state index contributed by atoms with van der Waals surface area (Å²) in [6, 6.07) is 7.37. The molecule has 0 unspecified atom stereocenters. The number of nitrogens with one attached hydrogen (secondary N) is 1. The van der Waals surface area contributed by atoms with Crippen LogP contribution in [-0.4, -0.2) is 16.1 Å². The smallest absolute Gasteiger partial charge is 0.404 e. The number of amides is 1. The van der Waals surface area contributed by atoms with E-state index in [1.807, 2.05) is 5.32 Å². The van der Waals surface area contributed by atoms with Gasteiger partial charge in [-0.2, -0.15) is 0 Å². The molecule has 0 atom stereocenters. The second-order valence-corrected chi connectivity index (χ2v) is 4.85. The molecule has 0 spiro atoms. The van der Waals surface area contributed by atoms with Crippen molar-refractivity contribution in [2.75, 3.05) is 0 Å². The zero-order valence-corrected chi connectivity index (χ0v) is 12.2. The van der Waals surface area contributed by atoms with Crippen LogP contribution in [0.4, 0.5) is 14.9 Å². The molecule has 0 heterocycles. The lowest BCUT2D eigenvalue weighted by Crippen LogP contribution is -2.20. The molecule has 2 aromatic rings. The number of nitro benzene ring substituents is 1. The standard InChI is InChI=1S/C14H10ClFN2O5/c15-9-4-10(16)6-12(5-9)23-11-1-2-13(18(21)22)8(3-11)7-17-14(19)20/h1-6,17H,7H2,(H,19,20). The fourth-order valence-electron chi connectivity index (χ4n) is 1.84. The molecular weight excluding hydrogens is 331 g/mol. The summed E-state index contributed by atoms with van der Waals surface area (Å²) in [6.45, 7) is -0.271. The van der Waals surface area contributed by atoms with E-state index in [4.69, 9.17) is 21.4 Å². The first-order valence-corrected chi connectivity index (χ1v) is 6.61. The van der Waals surface area contributed by atoms with Crippen LogP contribution < -0.4 is 10.1 Å². The van der Waals surface area contributed by atoms with Crippen molar-refractivity contribution in [3.05, 3.63) is 62.9 Å². The molecule has 23 heavy (non-hydrogen) atoms. The van der Waals surface area contributed by atoms with Crippen LogP contribution in [0.5, 0.6) is 11.5 Å². The minimum atomic E-state index is -1.32. The van der Waals surface area contributed by atoms with Gasteiger partial charge in [0, 0.05) is 17.2 Å². The Morgan fingerprint density at radius 1 is 1.30 bits per heavy atom. The molecule has 0 aliphatic carbocycles. The predicted octanol–water partition coefficient (Wildman–Crippen LogP) is 3.95. The van der Waals surface area contributed by atoms with Crippen LogP contribution in [0.15, 0.2) is 36.4 Å². The number of carboxylic acid groups (broad SMARTS) is 1. The maximum absolute atomic E-state index is 13.3. The lowest BCUT2D eigenvalue weighted by Gasteiger charge is -2.09. The van der Waals surface area contributed by atoms with E-state index in [0.717, 1.165) is 12.1 Å². The third kappa shape index (κ3) is 4.55. The van der Waals surface area contributed by atoms with Crippen LogP contribution in [0.3, 0.4) is 0 Å². The van der Waals surface area contributed by atoms with Gasteiger partial charge in [-0.1, -0.05) is 11.6 Å². The Balaban J connectivity index is 2.30. The van der Waals surface area contributed by atoms with Gasteiger partial charge in [0.15, 0.2) is 0 Å². The molecule has 2 rings (SSSR count). The van der Waals surface area contributed by atoms with Gasteiger partial charge in [0.1, 0.15) is 17.3 Å². The van der Waals surface area contributed by atoms with Gasteiger partial charge in [-0.25, -0.2) is 9.18 Å². The minimum Gasteiger partial charge on any atom is -0.465 e. The van der Waals surface area contributed by atoms with E-state index in [9.17, 15) is 19.3 Å². The molecule has 120 valence electrons. The first-order chi connectivity index (χ1) is 10.8. The van der Waals surface area contributed by atoms with Gasteiger partial charge in [0.25, 0.3) is 5.69 Å². The van der Waals surface area contributed by atoms with Gasteiger partial charge in [0.05, 0.1) is 17.0 Å². The van der Waals surface area contributed by atoms with Gasteiger partial charge < -0.3 is 15.2 Å². The summed E-state index contributed by atoms with van der Waals surface area (Å²) in [5.74, 6) is -0.303. The molecule has 0 aliphatic rings. The molecular formula is C14H10ClFN2O5. The summed E-state index contributed by atoms with van der Waals surface area (Å²) in [4.78, 5) is 20.8. The second-order valence-electron chi connectivity index (χ2n) is 4.41. The third-order valence-electron chi connectivity index (χ3n) is 2.75. The second kappa shape index (κ2) is 6.93. The number of nitrogens with zero attached hydrogens (tertiary/aromatic N) is 1. The Morgan fingerprint density at radius 3 is 2.65 bits per heavy atom. The molecule has 0 aliphatic heterocycles. The van der Waals surface area contributed by atoms with Crippen LogP contribution in [0.2, 0.25) is 5.02 Å². The molecule has 7 nitrogen and oxygen atoms in total. The summed E-state index contributed by atoms with van der Waals surface area (Å²) in [7, 11) is 0. The van der Waals surface area contributed by atoms with E-state index in [1.165, 1.54) is 24.3 Å². The molecule has 9 heteroatoms. The maximum Gasteiger partial charge on any atom is 0.404 e. The highest BCUT2D eigenvalue weighted by Gasteiger charge is 2.16. The number of hydrogen-bond acceptors (Lipinski definition) is 4. The molecule has 0 fully saturated rings. The van der Waals surface area contributed by atoms with Crippen LogP contribution in [-0.2, 0) is 6.54 Å². The van der Waals surface area contributed by atoms with Crippen LogP contribution in [0.1, 0.15) is 5.56 Å². The van der Waals surface area contributed by atoms with Gasteiger partial charge in [-0.15, -0.1) is 0 Å². The van der Waals surface area contributed by atoms with Gasteiger partial charge in [0.2, 0.25) is 0 Å². The van der Waals surface area contributed by atoms with E-state index < -0.39 is 16.8 Å². The average Bonchev–Trinajstić information content (AvgIpc) is 2.43. The van der Waals surface area contributed by atoms with Crippen molar-refractivity contribution in [3.8, 4) is 11.5 Å². The first-order valence-electron chi connectivity index (χ1n) is 6.23. The summed E-state index contributed by atoms with van der Waals surface area (Å²) in [5.41, 5.74) is -0.152. The summed E-state index contributed by atoms with van der Waals surface area (Å²) in [5, 5.41) is 21.7. The summed E-state index contributed by atoms with van der Waals surface area (Å²) >= 11 is 5.71. The van der Waals surface area contributed by atoms with Crippen LogP contribution >= 0.6 is 11.6 Å². The molecule has 1 amide bonds. The monoisotopic (exact) mass is 340 g/mol. The van der Waals surface area contributed by atoms with Gasteiger partial charge >= 0.3 is 6.09 Å². The highest BCUT2D eigenvalue weighted by Crippen LogP contribution is 2.29. The molecule has 0 saturated carbocycles. The van der Waals surface area contributed by atoms with Crippen molar-refractivity contribution in [1.82, 2.24) is 5.32 Å². The van der Waals surface area contributed by atoms with Gasteiger partial charge in [-0.05, 0) is 24.3 Å². The van der Waals surface area contributed by atoms with Gasteiger partial charge in [-0.3, -0.25) is 10.1 Å². The van der Waals surface area contributed by atoms with Crippen molar-refractivity contribution >= 4 is 23.4 Å². The average molecular weight is 341 g/mol. The molecule has 0 radical (unpaired) electrons. The zero-order chi connectivity index (χ0) is 17.0. The number of nitro groups is 1. The highest BCUT2D eigenvalue weighted by molar-refractivity contribution is 6.30. The molecule has 2 N–H and O–H groups in total. The Hall–Kier alpha value is -2.87. The SMILES string of the molecule is O=C(O)NCc1cc(Oc2cc(F)cc(Cl)c2)ccc1[N+](=O)[O-]. The summed E-state index contributed by atoms with van der Waals surface area (Å²) < 4.78 is 18.7. The maximum atomic E-state index is 13.3. The van der Waals surface area contributed by atoms with E-state index in [0.29, 0.717) is 0 Å². The normalized spacial score (nSPS) is 10.2. The van der Waals surface area contributed by atoms with Crippen molar-refractivity contribution in [1.29, 1.82) is 0 Å². The largest absolute Gasteiger partial charge is 0.465 e. The Kier molecular flexibility index (Phi) is 4.97. The van der Waals surface area contributed by atoms with E-state index in [2.05, 4.69) is 0 Å². The fourth-order valence-corrected chi connectivity index (χ4v) is 2.05. The van der Waals surface area contributed by atoms with Crippen LogP contribution in [0.25, 0.3) is 0 Å². The lowest BCUT2D eigenvalue weighted by atomic mass is 10.1. The van der Waals surface area contributed by atoms with E-state index >= 15 is 0 Å². The molecule has 2 aromatic carbocycles. The Labute approximate surface area is 134 Å². The molecule has 0 aromatic heterocycles. The van der Waals surface area contributed by atoms with Crippen molar-refractivity contribution in [2.45, 2.75) is 6.54 Å². The van der Waals surface area contributed by atoms with Crippen molar-refractivity contribution in [2.24, 2.45) is 0 Å². The number of halogens is 2. The van der Waals surface area contributed by atoms with Crippen molar-refractivity contribution in [3.63, 3.8) is 0 Å². The number of rotatable bonds is 5. The minimum absolute atomic E-state index is 0.109. The number of benzene rings is 2. The number of hydrogen-bond donors (Lipinski definition) is 2. The quantitative estimate of drug-likeness (QED) is 0.634. The first kappa shape index (κ1) is 16.5. The van der Waals surface area contributed by atoms with E-state index in [1.54, 1.807) is 0 Å². The lowest BCUT2D eigenvalue weighted by molar-refractivity contribution is -0.385. The molecule has 0 bridgehead atoms. The third-order valence-corrected chi connectivity index (χ3v) is 2.97.